The van der Waals surface area contributed by atoms with Gasteiger partial charge in [0.05, 0.1) is 13.7 Å². The van der Waals surface area contributed by atoms with Crippen LogP contribution in [-0.4, -0.2) is 24.6 Å². The van der Waals surface area contributed by atoms with Gasteiger partial charge in [-0.25, -0.2) is 0 Å². The molecule has 0 aliphatic rings. The molecule has 0 amide bonds. The summed E-state index contributed by atoms with van der Waals surface area (Å²) in [6, 6.07) is 0. The van der Waals surface area contributed by atoms with Gasteiger partial charge in [-0.05, 0) is 6.92 Å². The summed E-state index contributed by atoms with van der Waals surface area (Å²) in [7, 11) is -1.18. The molecule has 5 nitrogen and oxygen atoms in total. The fraction of sp³-hybridized carbons (Fsp3) is 0.800. The Kier molecular flexibility index (Phi) is 11.3. The molecule has 0 fully saturated rings. The van der Waals surface area contributed by atoms with Gasteiger partial charge in [-0.2, -0.15) is 0 Å². The molecule has 0 aromatic carbocycles. The molecule has 0 saturated heterocycles. The molecule has 11 heavy (non-hydrogen) atoms. The third-order valence-corrected chi connectivity index (χ3v) is 0.816. The van der Waals surface area contributed by atoms with Crippen LogP contribution in [0.1, 0.15) is 13.8 Å². The van der Waals surface area contributed by atoms with Crippen LogP contribution in [0, 0.1) is 0 Å². The molecule has 1 N–H and O–H groups in total. The van der Waals surface area contributed by atoms with Crippen molar-refractivity contribution in [3.63, 3.8) is 0 Å². The maximum atomic E-state index is 9.82. The highest BCUT2D eigenvalue weighted by Crippen LogP contribution is 2.09. The summed E-state index contributed by atoms with van der Waals surface area (Å²) < 4.78 is 17.5. The quantitative estimate of drug-likeness (QED) is 0.507. The van der Waals surface area contributed by atoms with Crippen molar-refractivity contribution in [3.05, 3.63) is 0 Å². The summed E-state index contributed by atoms with van der Waals surface area (Å²) in [6.45, 7) is 3.65. The summed E-state index contributed by atoms with van der Waals surface area (Å²) in [6.07, 6.45) is 0. The summed E-state index contributed by atoms with van der Waals surface area (Å²) in [5, 5.41) is 0. The van der Waals surface area contributed by atoms with Gasteiger partial charge in [0.15, 0.2) is 0 Å². The van der Waals surface area contributed by atoms with Crippen LogP contribution in [-0.2, 0) is 18.6 Å². The van der Waals surface area contributed by atoms with Gasteiger partial charge < -0.3 is 4.74 Å². The normalized spacial score (nSPS) is 9.27. The number of carbonyl (C=O) groups excluding carboxylic acids is 1. The molecule has 0 spiro atoms. The van der Waals surface area contributed by atoms with Crippen molar-refractivity contribution >= 4 is 14.2 Å². The van der Waals surface area contributed by atoms with Gasteiger partial charge in [0.25, 0.3) is 0 Å². The van der Waals surface area contributed by atoms with Gasteiger partial charge >= 0.3 is 14.2 Å². The monoisotopic (exact) mass is 183 g/mol. The lowest BCUT2D eigenvalue weighted by Gasteiger charge is -1.89. The lowest BCUT2D eigenvalue weighted by atomic mass is 10.8. The highest BCUT2D eigenvalue weighted by atomic mass is 31.1. The van der Waals surface area contributed by atoms with Crippen molar-refractivity contribution in [2.75, 3.05) is 13.7 Å². The van der Waals surface area contributed by atoms with Gasteiger partial charge in [0.2, 0.25) is 0 Å². The van der Waals surface area contributed by atoms with E-state index in [1.807, 2.05) is 0 Å². The van der Waals surface area contributed by atoms with Crippen LogP contribution in [0.4, 0.5) is 0 Å². The Morgan fingerprint density at radius 2 is 2.00 bits per heavy atom. The molecule has 0 heterocycles. The molecule has 0 radical (unpaired) electrons. The van der Waals surface area contributed by atoms with E-state index in [0.29, 0.717) is 6.61 Å². The Morgan fingerprint density at radius 1 is 1.64 bits per heavy atom. The standard InChI is InChI=1S/C4H8O2.CH3O3P/c1-3-6-4(2)5;1-4-5(2)3/h3H2,1-2H3;1H3/p+1. The number of hydrogen-bond acceptors (Lipinski definition) is 4. The van der Waals surface area contributed by atoms with Crippen molar-refractivity contribution in [2.24, 2.45) is 0 Å². The van der Waals surface area contributed by atoms with E-state index in [2.05, 4.69) is 9.26 Å². The molecular formula is C5H12O5P+. The largest absolute Gasteiger partial charge is 0.694 e. The van der Waals surface area contributed by atoms with Gasteiger partial charge in [-0.3, -0.25) is 4.79 Å². The summed E-state index contributed by atoms with van der Waals surface area (Å²) in [5.41, 5.74) is 0. The second-order valence-corrected chi connectivity index (χ2v) is 2.19. The highest BCUT2D eigenvalue weighted by molar-refractivity contribution is 7.32. The maximum Gasteiger partial charge on any atom is 0.694 e. The van der Waals surface area contributed by atoms with Crippen molar-refractivity contribution in [1.82, 2.24) is 0 Å². The van der Waals surface area contributed by atoms with Crippen LogP contribution in [0.5, 0.6) is 0 Å². The average Bonchev–Trinajstić information content (AvgIpc) is 1.89. The number of hydrogen-bond donors (Lipinski definition) is 1. The fourth-order valence-corrected chi connectivity index (χ4v) is 0.203. The van der Waals surface area contributed by atoms with Crippen molar-refractivity contribution in [2.45, 2.75) is 13.8 Å². The topological polar surface area (TPSA) is 72.8 Å². The number of ether oxygens (including phenoxy) is 1. The van der Waals surface area contributed by atoms with Gasteiger partial charge in [0.1, 0.15) is 0 Å². The molecule has 0 bridgehead atoms. The SMILES string of the molecule is CCOC(C)=O.CO[P+](=O)O. The minimum atomic E-state index is -2.35. The zero-order chi connectivity index (χ0) is 9.28. The minimum absolute atomic E-state index is 0.211. The molecule has 0 aliphatic heterocycles. The summed E-state index contributed by atoms with van der Waals surface area (Å²) >= 11 is 0. The van der Waals surface area contributed by atoms with Gasteiger partial charge in [-0.1, -0.05) is 0 Å². The molecule has 1 atom stereocenters. The lowest BCUT2D eigenvalue weighted by Crippen LogP contribution is -1.95. The number of carbonyl (C=O) groups is 1. The first kappa shape index (κ1) is 13.1. The smallest absolute Gasteiger partial charge is 0.466 e. The molecule has 0 aliphatic carbocycles. The first-order valence-electron chi connectivity index (χ1n) is 2.88. The van der Waals surface area contributed by atoms with E-state index in [1.54, 1.807) is 6.92 Å². The number of rotatable bonds is 2. The maximum absolute atomic E-state index is 9.82. The van der Waals surface area contributed by atoms with Crippen LogP contribution in [0.15, 0.2) is 0 Å². The second-order valence-electron chi connectivity index (χ2n) is 1.35. The fourth-order valence-electron chi connectivity index (χ4n) is 0.203. The van der Waals surface area contributed by atoms with Gasteiger partial charge in [0, 0.05) is 11.5 Å². The van der Waals surface area contributed by atoms with Crippen LogP contribution in [0.2, 0.25) is 0 Å². The zero-order valence-electron chi connectivity index (χ0n) is 6.73. The Labute approximate surface area is 66.3 Å². The van der Waals surface area contributed by atoms with Crippen molar-refractivity contribution < 1.29 is 23.5 Å². The first-order valence-corrected chi connectivity index (χ1v) is 4.01. The zero-order valence-corrected chi connectivity index (χ0v) is 7.63. The van der Waals surface area contributed by atoms with E-state index in [4.69, 9.17) is 4.89 Å². The molecule has 0 saturated carbocycles. The Bertz CT molecular complexity index is 124. The van der Waals surface area contributed by atoms with E-state index in [1.165, 1.54) is 14.0 Å². The predicted molar refractivity (Wildman–Crippen MR) is 39.1 cm³/mol. The Balaban J connectivity index is 0. The Hall–Kier alpha value is -0.510. The molecule has 1 unspecified atom stereocenters. The molecule has 0 aromatic heterocycles. The molecule has 66 valence electrons. The molecular weight excluding hydrogens is 171 g/mol. The highest BCUT2D eigenvalue weighted by Gasteiger charge is 2.02. The van der Waals surface area contributed by atoms with E-state index >= 15 is 0 Å². The van der Waals surface area contributed by atoms with Crippen molar-refractivity contribution in [3.8, 4) is 0 Å². The minimum Gasteiger partial charge on any atom is -0.466 e. The second kappa shape index (κ2) is 9.49. The third kappa shape index (κ3) is 26.4. The molecule has 0 aromatic rings. The number of esters is 1. The van der Waals surface area contributed by atoms with E-state index in [0.717, 1.165) is 0 Å². The third-order valence-electron chi connectivity index (χ3n) is 0.504. The van der Waals surface area contributed by atoms with Crippen LogP contribution < -0.4 is 0 Å². The predicted octanol–water partition coefficient (Wildman–Crippen LogP) is 0.852. The van der Waals surface area contributed by atoms with E-state index in [-0.39, 0.29) is 5.97 Å². The van der Waals surface area contributed by atoms with E-state index in [9.17, 15) is 9.36 Å². The first-order chi connectivity index (χ1) is 5.04. The van der Waals surface area contributed by atoms with Crippen molar-refractivity contribution in [1.29, 1.82) is 0 Å². The Morgan fingerprint density at radius 3 is 2.00 bits per heavy atom. The lowest BCUT2D eigenvalue weighted by molar-refractivity contribution is -0.140. The van der Waals surface area contributed by atoms with Crippen LogP contribution in [0.25, 0.3) is 0 Å². The molecule has 6 heteroatoms. The van der Waals surface area contributed by atoms with Crippen LogP contribution >= 0.6 is 8.25 Å². The van der Waals surface area contributed by atoms with Crippen LogP contribution in [0.3, 0.4) is 0 Å². The average molecular weight is 183 g/mol. The van der Waals surface area contributed by atoms with Gasteiger partial charge in [-0.15, -0.1) is 9.42 Å². The van der Waals surface area contributed by atoms with E-state index < -0.39 is 8.25 Å². The summed E-state index contributed by atoms with van der Waals surface area (Å²) in [5.74, 6) is -0.211. The molecule has 0 rings (SSSR count). The summed E-state index contributed by atoms with van der Waals surface area (Å²) in [4.78, 5) is 17.5.